The summed E-state index contributed by atoms with van der Waals surface area (Å²) in [6, 6.07) is 25.2. The monoisotopic (exact) mass is 458 g/mol. The van der Waals surface area contributed by atoms with Crippen molar-refractivity contribution < 1.29 is 0 Å². The largest absolute Gasteiger partial charge is 0.280 e. The van der Waals surface area contributed by atoms with Gasteiger partial charge in [0, 0.05) is 17.1 Å². The van der Waals surface area contributed by atoms with E-state index in [-0.39, 0.29) is 5.56 Å². The number of nitrogens with zero attached hydrogens (tertiary/aromatic N) is 3. The second-order valence-electron chi connectivity index (χ2n) is 6.68. The minimum absolute atomic E-state index is 0.120. The lowest BCUT2D eigenvalue weighted by atomic mass is 10.1. The topological polar surface area (TPSA) is 59.3 Å². The standard InChI is InChI=1S/C24H19BrN4O/c1-29-23(30)20-9-5-6-10-22(20)26-24(29)28-27-21(18-7-3-2-4-8-18)16-13-17-11-14-19(25)15-12-17/h2-16H,1H3,(H,26,28)/b16-13+,27-21-. The highest BCUT2D eigenvalue weighted by Gasteiger charge is 2.07. The number of rotatable bonds is 5. The SMILES string of the molecule is Cn1c(N/N=C(/C=C/c2ccc(Br)cc2)c2ccccc2)nc2ccccc2c1=O. The summed E-state index contributed by atoms with van der Waals surface area (Å²) < 4.78 is 2.49. The molecule has 1 heterocycles. The second kappa shape index (κ2) is 8.88. The van der Waals surface area contributed by atoms with Crippen molar-refractivity contribution in [3.8, 4) is 0 Å². The number of fused-ring (bicyclic) bond motifs is 1. The van der Waals surface area contributed by atoms with Gasteiger partial charge in [0.15, 0.2) is 0 Å². The van der Waals surface area contributed by atoms with Crippen molar-refractivity contribution >= 4 is 44.6 Å². The zero-order valence-corrected chi connectivity index (χ0v) is 17.9. The maximum atomic E-state index is 12.6. The van der Waals surface area contributed by atoms with E-state index in [4.69, 9.17) is 0 Å². The van der Waals surface area contributed by atoms with Crippen LogP contribution in [0.1, 0.15) is 11.1 Å². The molecule has 0 aliphatic carbocycles. The maximum Gasteiger partial charge on any atom is 0.262 e. The van der Waals surface area contributed by atoms with Crippen molar-refractivity contribution in [1.82, 2.24) is 9.55 Å². The zero-order chi connectivity index (χ0) is 20.9. The summed E-state index contributed by atoms with van der Waals surface area (Å²) >= 11 is 3.45. The third-order valence-electron chi connectivity index (χ3n) is 4.63. The van der Waals surface area contributed by atoms with Crippen molar-refractivity contribution in [2.75, 3.05) is 5.43 Å². The molecule has 0 unspecified atom stereocenters. The lowest BCUT2D eigenvalue weighted by Gasteiger charge is -2.09. The van der Waals surface area contributed by atoms with E-state index < -0.39 is 0 Å². The number of benzene rings is 3. The van der Waals surface area contributed by atoms with Gasteiger partial charge in [-0.25, -0.2) is 10.4 Å². The molecule has 0 aliphatic rings. The Morgan fingerprint density at radius 1 is 1.00 bits per heavy atom. The van der Waals surface area contributed by atoms with Crippen LogP contribution in [-0.4, -0.2) is 15.3 Å². The number of hydrogen-bond donors (Lipinski definition) is 1. The summed E-state index contributed by atoms with van der Waals surface area (Å²) in [5.41, 5.74) is 6.21. The number of hydrogen-bond acceptors (Lipinski definition) is 4. The summed E-state index contributed by atoms with van der Waals surface area (Å²) in [5, 5.41) is 5.13. The summed E-state index contributed by atoms with van der Waals surface area (Å²) in [7, 11) is 1.68. The van der Waals surface area contributed by atoms with Crippen molar-refractivity contribution in [3.63, 3.8) is 0 Å². The predicted octanol–water partition coefficient (Wildman–Crippen LogP) is 5.23. The molecule has 30 heavy (non-hydrogen) atoms. The molecular formula is C24H19BrN4O. The van der Waals surface area contributed by atoms with E-state index in [1.165, 1.54) is 4.57 Å². The molecule has 0 amide bonds. The van der Waals surface area contributed by atoms with Gasteiger partial charge in [-0.3, -0.25) is 9.36 Å². The molecule has 0 bridgehead atoms. The van der Waals surface area contributed by atoms with Crippen LogP contribution >= 0.6 is 15.9 Å². The van der Waals surface area contributed by atoms with Crippen molar-refractivity contribution in [2.24, 2.45) is 12.1 Å². The third kappa shape index (κ3) is 4.39. The number of hydrazone groups is 1. The van der Waals surface area contributed by atoms with Gasteiger partial charge in [-0.15, -0.1) is 0 Å². The molecule has 0 radical (unpaired) electrons. The van der Waals surface area contributed by atoms with Crippen LogP contribution in [0.5, 0.6) is 0 Å². The molecule has 5 nitrogen and oxygen atoms in total. The first kappa shape index (κ1) is 19.8. The van der Waals surface area contributed by atoms with E-state index >= 15 is 0 Å². The fourth-order valence-electron chi connectivity index (χ4n) is 2.98. The maximum absolute atomic E-state index is 12.6. The zero-order valence-electron chi connectivity index (χ0n) is 16.3. The number of allylic oxidation sites excluding steroid dienone is 1. The average molecular weight is 459 g/mol. The third-order valence-corrected chi connectivity index (χ3v) is 5.16. The molecule has 0 atom stereocenters. The fourth-order valence-corrected chi connectivity index (χ4v) is 3.25. The Morgan fingerprint density at radius 3 is 2.47 bits per heavy atom. The van der Waals surface area contributed by atoms with Gasteiger partial charge in [0.05, 0.1) is 16.6 Å². The number of para-hydroxylation sites is 1. The van der Waals surface area contributed by atoms with Crippen LogP contribution in [0.2, 0.25) is 0 Å². The van der Waals surface area contributed by atoms with Crippen LogP contribution < -0.4 is 11.0 Å². The Bertz CT molecular complexity index is 1290. The van der Waals surface area contributed by atoms with Gasteiger partial charge < -0.3 is 0 Å². The predicted molar refractivity (Wildman–Crippen MR) is 127 cm³/mol. The number of anilines is 1. The van der Waals surface area contributed by atoms with E-state index in [0.29, 0.717) is 16.9 Å². The average Bonchev–Trinajstić information content (AvgIpc) is 2.78. The molecule has 1 aromatic heterocycles. The first-order chi connectivity index (χ1) is 14.6. The molecule has 0 saturated carbocycles. The molecule has 0 fully saturated rings. The highest BCUT2D eigenvalue weighted by Crippen LogP contribution is 2.14. The Labute approximate surface area is 182 Å². The number of halogens is 1. The summed E-state index contributed by atoms with van der Waals surface area (Å²) in [4.78, 5) is 17.2. The lowest BCUT2D eigenvalue weighted by molar-refractivity contribution is 0.846. The summed E-state index contributed by atoms with van der Waals surface area (Å²) in [6.45, 7) is 0. The Hall–Kier alpha value is -3.51. The minimum Gasteiger partial charge on any atom is -0.280 e. The van der Waals surface area contributed by atoms with Crippen molar-refractivity contribution in [1.29, 1.82) is 0 Å². The molecular weight excluding hydrogens is 440 g/mol. The minimum atomic E-state index is -0.120. The molecule has 0 aliphatic heterocycles. The van der Waals surface area contributed by atoms with Crippen molar-refractivity contribution in [2.45, 2.75) is 0 Å². The number of nitrogens with one attached hydrogen (secondary N) is 1. The van der Waals surface area contributed by atoms with E-state index in [2.05, 4.69) is 31.4 Å². The molecule has 0 spiro atoms. The van der Waals surface area contributed by atoms with Crippen LogP contribution in [0.15, 0.2) is 99.3 Å². The van der Waals surface area contributed by atoms with E-state index in [9.17, 15) is 4.79 Å². The van der Waals surface area contributed by atoms with Gasteiger partial charge in [0.1, 0.15) is 0 Å². The molecule has 6 heteroatoms. The molecule has 4 aromatic rings. The normalized spacial score (nSPS) is 11.9. The Morgan fingerprint density at radius 2 is 1.70 bits per heavy atom. The molecule has 1 N–H and O–H groups in total. The van der Waals surface area contributed by atoms with Crippen LogP contribution in [-0.2, 0) is 7.05 Å². The lowest BCUT2D eigenvalue weighted by Crippen LogP contribution is -2.21. The van der Waals surface area contributed by atoms with Gasteiger partial charge in [-0.05, 0) is 35.9 Å². The van der Waals surface area contributed by atoms with Crippen LogP contribution in [0.3, 0.4) is 0 Å². The Balaban J connectivity index is 1.71. The molecule has 148 valence electrons. The van der Waals surface area contributed by atoms with E-state index in [1.54, 1.807) is 13.1 Å². The van der Waals surface area contributed by atoms with Gasteiger partial charge in [-0.1, -0.05) is 76.6 Å². The molecule has 3 aromatic carbocycles. The highest BCUT2D eigenvalue weighted by molar-refractivity contribution is 9.10. The molecule has 0 saturated heterocycles. The van der Waals surface area contributed by atoms with Gasteiger partial charge >= 0.3 is 0 Å². The summed E-state index contributed by atoms with van der Waals surface area (Å²) in [5.74, 6) is 0.379. The molecule has 4 rings (SSSR count). The van der Waals surface area contributed by atoms with E-state index in [1.807, 2.05) is 84.9 Å². The van der Waals surface area contributed by atoms with Gasteiger partial charge in [0.2, 0.25) is 5.95 Å². The summed E-state index contributed by atoms with van der Waals surface area (Å²) in [6.07, 6.45) is 3.93. The van der Waals surface area contributed by atoms with Crippen LogP contribution in [0, 0.1) is 0 Å². The first-order valence-corrected chi connectivity index (χ1v) is 10.2. The van der Waals surface area contributed by atoms with Gasteiger partial charge in [-0.2, -0.15) is 5.10 Å². The smallest absolute Gasteiger partial charge is 0.262 e. The highest BCUT2D eigenvalue weighted by atomic mass is 79.9. The number of aromatic nitrogens is 2. The van der Waals surface area contributed by atoms with Crippen LogP contribution in [0.4, 0.5) is 5.95 Å². The van der Waals surface area contributed by atoms with Gasteiger partial charge in [0.25, 0.3) is 5.56 Å². The fraction of sp³-hybridized carbons (Fsp3) is 0.0417. The van der Waals surface area contributed by atoms with E-state index in [0.717, 1.165) is 21.3 Å². The van der Waals surface area contributed by atoms with Crippen LogP contribution in [0.25, 0.3) is 17.0 Å². The Kier molecular flexibility index (Phi) is 5.86. The quantitative estimate of drug-likeness (QED) is 0.329. The second-order valence-corrected chi connectivity index (χ2v) is 7.59. The first-order valence-electron chi connectivity index (χ1n) is 9.40. The van der Waals surface area contributed by atoms with Crippen molar-refractivity contribution in [3.05, 3.63) is 111 Å².